The SMILES string of the molecule is O=C(C[P+](c1ccccc1)(c1ccccc1)c1ccccc1)N1CCOCC1.[Cl-]. The summed E-state index contributed by atoms with van der Waals surface area (Å²) < 4.78 is 5.45. The van der Waals surface area contributed by atoms with Gasteiger partial charge >= 0.3 is 0 Å². The molecule has 3 aromatic carbocycles. The lowest BCUT2D eigenvalue weighted by molar-refractivity contribution is -0.132. The minimum absolute atomic E-state index is 0. The summed E-state index contributed by atoms with van der Waals surface area (Å²) in [4.78, 5) is 15.4. The van der Waals surface area contributed by atoms with E-state index < -0.39 is 7.26 Å². The third-order valence-corrected chi connectivity index (χ3v) is 9.61. The number of rotatable bonds is 5. The van der Waals surface area contributed by atoms with E-state index in [9.17, 15) is 4.79 Å². The fourth-order valence-electron chi connectivity index (χ4n) is 3.88. The lowest BCUT2D eigenvalue weighted by Crippen LogP contribution is -3.00. The summed E-state index contributed by atoms with van der Waals surface area (Å²) in [5.74, 6) is 0.216. The molecule has 1 heterocycles. The summed E-state index contributed by atoms with van der Waals surface area (Å²) in [6.07, 6.45) is 0.505. The lowest BCUT2D eigenvalue weighted by Gasteiger charge is -2.31. The Morgan fingerprint density at radius 2 is 1.10 bits per heavy atom. The summed E-state index contributed by atoms with van der Waals surface area (Å²) in [5.41, 5.74) is 0. The zero-order chi connectivity index (χ0) is 19.2. The molecule has 1 fully saturated rings. The van der Waals surface area contributed by atoms with Gasteiger partial charge < -0.3 is 22.0 Å². The van der Waals surface area contributed by atoms with Gasteiger partial charge in [0.2, 0.25) is 0 Å². The molecule has 0 spiro atoms. The van der Waals surface area contributed by atoms with Crippen molar-refractivity contribution in [1.82, 2.24) is 4.90 Å². The summed E-state index contributed by atoms with van der Waals surface area (Å²) >= 11 is 0. The van der Waals surface area contributed by atoms with E-state index in [1.165, 1.54) is 15.9 Å². The predicted octanol–water partition coefficient (Wildman–Crippen LogP) is -0.157. The van der Waals surface area contributed by atoms with E-state index in [1.807, 2.05) is 23.1 Å². The molecule has 0 atom stereocenters. The van der Waals surface area contributed by atoms with Crippen LogP contribution in [0.2, 0.25) is 0 Å². The third-order valence-electron chi connectivity index (χ3n) is 5.33. The largest absolute Gasteiger partial charge is 1.00 e. The highest BCUT2D eigenvalue weighted by molar-refractivity contribution is 7.96. The van der Waals surface area contributed by atoms with Gasteiger partial charge in [-0.3, -0.25) is 4.79 Å². The first-order valence-electron chi connectivity index (χ1n) is 9.71. The van der Waals surface area contributed by atoms with Crippen LogP contribution in [0.15, 0.2) is 91.0 Å². The Bertz CT molecular complexity index is 803. The van der Waals surface area contributed by atoms with Crippen molar-refractivity contribution in [2.75, 3.05) is 32.5 Å². The second kappa shape index (κ2) is 10.0. The molecule has 1 amide bonds. The highest BCUT2D eigenvalue weighted by Gasteiger charge is 2.48. The monoisotopic (exact) mass is 425 g/mol. The van der Waals surface area contributed by atoms with Crippen LogP contribution in [-0.4, -0.2) is 43.3 Å². The van der Waals surface area contributed by atoms with E-state index in [0.717, 1.165) is 0 Å². The number of nitrogens with zero attached hydrogens (tertiary/aromatic N) is 1. The van der Waals surface area contributed by atoms with Gasteiger partial charge in [-0.1, -0.05) is 54.6 Å². The van der Waals surface area contributed by atoms with Gasteiger partial charge in [0.15, 0.2) is 6.16 Å². The summed E-state index contributed by atoms with van der Waals surface area (Å²) in [7, 11) is -2.11. The van der Waals surface area contributed by atoms with E-state index in [4.69, 9.17) is 4.74 Å². The molecule has 4 rings (SSSR count). The van der Waals surface area contributed by atoms with E-state index >= 15 is 0 Å². The summed E-state index contributed by atoms with van der Waals surface area (Å²) in [5, 5.41) is 3.73. The van der Waals surface area contributed by atoms with E-state index in [2.05, 4.69) is 72.8 Å². The van der Waals surface area contributed by atoms with Crippen molar-refractivity contribution in [3.63, 3.8) is 0 Å². The molecule has 1 saturated heterocycles. The molecule has 1 aliphatic heterocycles. The van der Waals surface area contributed by atoms with Crippen molar-refractivity contribution in [3.05, 3.63) is 91.0 Å². The van der Waals surface area contributed by atoms with Crippen molar-refractivity contribution in [2.24, 2.45) is 0 Å². The van der Waals surface area contributed by atoms with Crippen LogP contribution < -0.4 is 28.3 Å². The minimum Gasteiger partial charge on any atom is -1.00 e. The van der Waals surface area contributed by atoms with Crippen molar-refractivity contribution >= 4 is 29.1 Å². The lowest BCUT2D eigenvalue weighted by atomic mass is 10.3. The molecule has 1 aliphatic rings. The fraction of sp³-hybridized carbons (Fsp3) is 0.208. The second-order valence-corrected chi connectivity index (χ2v) is 10.5. The number of halogens is 1. The average Bonchev–Trinajstić information content (AvgIpc) is 2.80. The molecule has 0 radical (unpaired) electrons. The molecule has 3 aromatic rings. The Morgan fingerprint density at radius 3 is 1.48 bits per heavy atom. The average molecular weight is 426 g/mol. The topological polar surface area (TPSA) is 29.5 Å². The first kappa shape index (κ1) is 21.5. The molecule has 3 nitrogen and oxygen atoms in total. The molecule has 0 saturated carbocycles. The molecular formula is C24H25ClNO2P. The number of hydrogen-bond donors (Lipinski definition) is 0. The highest BCUT2D eigenvalue weighted by atomic mass is 35.5. The van der Waals surface area contributed by atoms with Gasteiger partial charge in [0.05, 0.1) is 13.2 Å². The molecule has 0 bridgehead atoms. The number of hydrogen-bond acceptors (Lipinski definition) is 2. The van der Waals surface area contributed by atoms with Gasteiger partial charge in [-0.05, 0) is 36.4 Å². The Balaban J connectivity index is 0.00000240. The number of morpholine rings is 1. The van der Waals surface area contributed by atoms with Crippen LogP contribution in [0.5, 0.6) is 0 Å². The van der Waals surface area contributed by atoms with Gasteiger partial charge in [0.25, 0.3) is 5.91 Å². The Hall–Kier alpha value is -2.19. The van der Waals surface area contributed by atoms with Gasteiger partial charge in [0.1, 0.15) is 23.2 Å². The molecule has 0 unspecified atom stereocenters. The third kappa shape index (κ3) is 4.53. The number of carbonyl (C=O) groups excluding carboxylic acids is 1. The van der Waals surface area contributed by atoms with Crippen molar-refractivity contribution < 1.29 is 21.9 Å². The molecular weight excluding hydrogens is 401 g/mol. The highest BCUT2D eigenvalue weighted by Crippen LogP contribution is 2.55. The summed E-state index contributed by atoms with van der Waals surface area (Å²) in [6, 6.07) is 31.7. The van der Waals surface area contributed by atoms with E-state index in [-0.39, 0.29) is 18.3 Å². The van der Waals surface area contributed by atoms with Gasteiger partial charge in [0, 0.05) is 13.1 Å². The normalized spacial score (nSPS) is 14.1. The maximum absolute atomic E-state index is 13.4. The van der Waals surface area contributed by atoms with E-state index in [1.54, 1.807) is 0 Å². The molecule has 5 heteroatoms. The van der Waals surface area contributed by atoms with Gasteiger partial charge in [-0.15, -0.1) is 0 Å². The van der Waals surface area contributed by atoms with Gasteiger partial charge in [-0.25, -0.2) is 0 Å². The van der Waals surface area contributed by atoms with Gasteiger partial charge in [-0.2, -0.15) is 0 Å². The maximum Gasteiger partial charge on any atom is 0.261 e. The fourth-order valence-corrected chi connectivity index (χ4v) is 7.98. The number of benzene rings is 3. The van der Waals surface area contributed by atoms with E-state index in [0.29, 0.717) is 32.5 Å². The molecule has 0 N–H and O–H groups in total. The van der Waals surface area contributed by atoms with Crippen LogP contribution >= 0.6 is 7.26 Å². The molecule has 0 aliphatic carbocycles. The number of amides is 1. The second-order valence-electron chi connectivity index (χ2n) is 6.97. The maximum atomic E-state index is 13.4. The Labute approximate surface area is 179 Å². The van der Waals surface area contributed by atoms with Crippen LogP contribution in [-0.2, 0) is 9.53 Å². The van der Waals surface area contributed by atoms with Crippen LogP contribution in [0.1, 0.15) is 0 Å². The molecule has 29 heavy (non-hydrogen) atoms. The van der Waals surface area contributed by atoms with Crippen LogP contribution in [0.4, 0.5) is 0 Å². The number of carbonyl (C=O) groups is 1. The van der Waals surface area contributed by atoms with Crippen LogP contribution in [0.25, 0.3) is 0 Å². The molecule has 0 aromatic heterocycles. The molecule has 150 valence electrons. The van der Waals surface area contributed by atoms with Crippen molar-refractivity contribution in [1.29, 1.82) is 0 Å². The Morgan fingerprint density at radius 1 is 0.724 bits per heavy atom. The Kier molecular flexibility index (Phi) is 7.44. The quantitative estimate of drug-likeness (QED) is 0.532. The standard InChI is InChI=1S/C24H25NO2P.ClH/c26-24(25-16-18-27-19-17-25)20-28(21-10-4-1-5-11-21,22-12-6-2-7-13-22)23-14-8-3-9-15-23;/h1-15H,16-20H2;1H/q+1;/p-1. The van der Waals surface area contributed by atoms with Crippen LogP contribution in [0, 0.1) is 0 Å². The predicted molar refractivity (Wildman–Crippen MR) is 117 cm³/mol. The first-order chi connectivity index (χ1) is 13.8. The van der Waals surface area contributed by atoms with Crippen molar-refractivity contribution in [3.8, 4) is 0 Å². The minimum atomic E-state index is -2.11. The first-order valence-corrected chi connectivity index (χ1v) is 11.7. The smallest absolute Gasteiger partial charge is 0.261 e. The van der Waals surface area contributed by atoms with Crippen molar-refractivity contribution in [2.45, 2.75) is 0 Å². The number of ether oxygens (including phenoxy) is 1. The van der Waals surface area contributed by atoms with Crippen LogP contribution in [0.3, 0.4) is 0 Å². The zero-order valence-corrected chi connectivity index (χ0v) is 17.9. The summed E-state index contributed by atoms with van der Waals surface area (Å²) in [6.45, 7) is 2.60. The zero-order valence-electron chi connectivity index (χ0n) is 16.3.